The second kappa shape index (κ2) is 5.84. The molecule has 0 aliphatic rings. The van der Waals surface area contributed by atoms with Crippen LogP contribution in [0.3, 0.4) is 0 Å². The SMILES string of the molecule is CCC(C)(C)c1ccc(C(Br)c2ccoc2Br)cc1. The molecule has 0 N–H and O–H groups in total. The molecule has 1 atom stereocenters. The molecule has 1 nitrogen and oxygen atoms in total. The van der Waals surface area contributed by atoms with Gasteiger partial charge in [-0.2, -0.15) is 0 Å². The summed E-state index contributed by atoms with van der Waals surface area (Å²) in [4.78, 5) is 0.152. The van der Waals surface area contributed by atoms with E-state index in [2.05, 4.69) is 76.9 Å². The normalized spacial score (nSPS) is 13.5. The Bertz CT molecular complexity index is 540. The van der Waals surface area contributed by atoms with Crippen molar-refractivity contribution < 1.29 is 4.42 Å². The van der Waals surface area contributed by atoms with Gasteiger partial charge >= 0.3 is 0 Å². The standard InChI is InChI=1S/C16H18Br2O/c1-4-16(2,3)12-7-5-11(6-8-12)14(17)13-9-10-19-15(13)18/h5-10,14H,4H2,1-3H3. The molecular weight excluding hydrogens is 368 g/mol. The summed E-state index contributed by atoms with van der Waals surface area (Å²) in [5.74, 6) is 0. The molecule has 2 rings (SSSR count). The lowest BCUT2D eigenvalue weighted by Crippen LogP contribution is -2.15. The zero-order valence-electron chi connectivity index (χ0n) is 11.4. The fraction of sp³-hybridized carbons (Fsp3) is 0.375. The Kier molecular flexibility index (Phi) is 4.57. The van der Waals surface area contributed by atoms with Crippen LogP contribution in [-0.4, -0.2) is 0 Å². The van der Waals surface area contributed by atoms with E-state index in [0.717, 1.165) is 16.7 Å². The van der Waals surface area contributed by atoms with Crippen molar-refractivity contribution in [3.8, 4) is 0 Å². The molecule has 0 radical (unpaired) electrons. The smallest absolute Gasteiger partial charge is 0.173 e. The van der Waals surface area contributed by atoms with E-state index in [-0.39, 0.29) is 10.2 Å². The highest BCUT2D eigenvalue weighted by Gasteiger charge is 2.19. The molecule has 0 aliphatic heterocycles. The van der Waals surface area contributed by atoms with E-state index in [0.29, 0.717) is 0 Å². The fourth-order valence-corrected chi connectivity index (χ4v) is 3.41. The molecule has 0 fully saturated rings. The Morgan fingerprint density at radius 2 is 1.79 bits per heavy atom. The van der Waals surface area contributed by atoms with Crippen LogP contribution in [0.15, 0.2) is 45.7 Å². The van der Waals surface area contributed by atoms with Crippen LogP contribution in [0.4, 0.5) is 0 Å². The average Bonchev–Trinajstić information content (AvgIpc) is 2.84. The molecule has 0 amide bonds. The third kappa shape index (κ3) is 3.14. The van der Waals surface area contributed by atoms with Crippen molar-refractivity contribution in [1.29, 1.82) is 0 Å². The highest BCUT2D eigenvalue weighted by molar-refractivity contribution is 9.10. The number of halogens is 2. The quantitative estimate of drug-likeness (QED) is 0.569. The van der Waals surface area contributed by atoms with Gasteiger partial charge in [0, 0.05) is 5.56 Å². The predicted octanol–water partition coefficient (Wildman–Crippen LogP) is 6.21. The van der Waals surface area contributed by atoms with Gasteiger partial charge in [-0.3, -0.25) is 0 Å². The third-order valence-corrected chi connectivity index (χ3v) is 5.45. The Balaban J connectivity index is 2.26. The number of alkyl halides is 1. The minimum atomic E-state index is 0.152. The van der Waals surface area contributed by atoms with Crippen LogP contribution in [-0.2, 0) is 5.41 Å². The lowest BCUT2D eigenvalue weighted by Gasteiger charge is -2.23. The molecule has 19 heavy (non-hydrogen) atoms. The molecule has 0 saturated heterocycles. The van der Waals surface area contributed by atoms with Gasteiger partial charge in [-0.1, -0.05) is 61.0 Å². The van der Waals surface area contributed by atoms with E-state index in [9.17, 15) is 0 Å². The van der Waals surface area contributed by atoms with E-state index in [1.807, 2.05) is 6.07 Å². The van der Waals surface area contributed by atoms with Gasteiger partial charge in [-0.05, 0) is 45.0 Å². The van der Waals surface area contributed by atoms with Gasteiger partial charge in [0.1, 0.15) is 0 Å². The number of furan rings is 1. The van der Waals surface area contributed by atoms with Crippen LogP contribution >= 0.6 is 31.9 Å². The number of benzene rings is 1. The van der Waals surface area contributed by atoms with E-state index in [1.165, 1.54) is 11.1 Å². The van der Waals surface area contributed by atoms with Gasteiger partial charge in [-0.15, -0.1) is 0 Å². The monoisotopic (exact) mass is 384 g/mol. The largest absolute Gasteiger partial charge is 0.457 e. The highest BCUT2D eigenvalue weighted by Crippen LogP contribution is 2.37. The van der Waals surface area contributed by atoms with E-state index < -0.39 is 0 Å². The van der Waals surface area contributed by atoms with E-state index in [4.69, 9.17) is 4.42 Å². The molecule has 1 unspecified atom stereocenters. The highest BCUT2D eigenvalue weighted by atomic mass is 79.9. The van der Waals surface area contributed by atoms with Crippen molar-refractivity contribution in [3.63, 3.8) is 0 Å². The lowest BCUT2D eigenvalue weighted by atomic mass is 9.82. The van der Waals surface area contributed by atoms with Crippen molar-refractivity contribution in [2.75, 3.05) is 0 Å². The second-order valence-electron chi connectivity index (χ2n) is 5.37. The summed E-state index contributed by atoms with van der Waals surface area (Å²) in [6.45, 7) is 6.78. The van der Waals surface area contributed by atoms with Crippen LogP contribution in [0.2, 0.25) is 0 Å². The zero-order chi connectivity index (χ0) is 14.0. The molecule has 0 spiro atoms. The Labute approximate surface area is 131 Å². The van der Waals surface area contributed by atoms with Crippen LogP contribution < -0.4 is 0 Å². The van der Waals surface area contributed by atoms with Crippen LogP contribution in [0.5, 0.6) is 0 Å². The van der Waals surface area contributed by atoms with Crippen molar-refractivity contribution in [2.24, 2.45) is 0 Å². The minimum Gasteiger partial charge on any atom is -0.457 e. The summed E-state index contributed by atoms with van der Waals surface area (Å²) in [6.07, 6.45) is 2.83. The van der Waals surface area contributed by atoms with Crippen molar-refractivity contribution in [2.45, 2.75) is 37.4 Å². The minimum absolute atomic E-state index is 0.152. The maximum absolute atomic E-state index is 5.29. The van der Waals surface area contributed by atoms with Gasteiger partial charge < -0.3 is 4.42 Å². The summed E-state index contributed by atoms with van der Waals surface area (Å²) >= 11 is 7.15. The number of hydrogen-bond donors (Lipinski definition) is 0. The molecule has 0 aliphatic carbocycles. The van der Waals surface area contributed by atoms with Gasteiger partial charge in [0.25, 0.3) is 0 Å². The summed E-state index contributed by atoms with van der Waals surface area (Å²) in [5.41, 5.74) is 3.96. The van der Waals surface area contributed by atoms with Gasteiger partial charge in [-0.25, -0.2) is 0 Å². The number of rotatable bonds is 4. The topological polar surface area (TPSA) is 13.1 Å². The van der Waals surface area contributed by atoms with Crippen molar-refractivity contribution in [3.05, 3.63) is 58.0 Å². The molecule has 1 heterocycles. The Morgan fingerprint density at radius 1 is 1.16 bits per heavy atom. The lowest BCUT2D eigenvalue weighted by molar-refractivity contribution is 0.506. The first-order valence-corrected chi connectivity index (χ1v) is 8.14. The van der Waals surface area contributed by atoms with E-state index >= 15 is 0 Å². The zero-order valence-corrected chi connectivity index (χ0v) is 14.6. The molecule has 0 bridgehead atoms. The van der Waals surface area contributed by atoms with Crippen molar-refractivity contribution in [1.82, 2.24) is 0 Å². The van der Waals surface area contributed by atoms with E-state index in [1.54, 1.807) is 6.26 Å². The van der Waals surface area contributed by atoms with Crippen LogP contribution in [0.25, 0.3) is 0 Å². The molecule has 1 aromatic carbocycles. The maximum atomic E-state index is 5.29. The second-order valence-corrected chi connectivity index (χ2v) is 7.01. The third-order valence-electron chi connectivity index (χ3n) is 3.79. The molecule has 1 aromatic heterocycles. The first-order valence-electron chi connectivity index (χ1n) is 6.43. The van der Waals surface area contributed by atoms with Gasteiger partial charge in [0.05, 0.1) is 11.1 Å². The van der Waals surface area contributed by atoms with Gasteiger partial charge in [0.15, 0.2) is 4.67 Å². The molecular formula is C16H18Br2O. The average molecular weight is 386 g/mol. The first-order chi connectivity index (χ1) is 8.95. The molecule has 2 aromatic rings. The molecule has 102 valence electrons. The molecule has 0 saturated carbocycles. The number of hydrogen-bond acceptors (Lipinski definition) is 1. The summed E-state index contributed by atoms with van der Waals surface area (Å²) in [6, 6.07) is 10.8. The van der Waals surface area contributed by atoms with Crippen molar-refractivity contribution >= 4 is 31.9 Å². The Morgan fingerprint density at radius 3 is 2.26 bits per heavy atom. The first kappa shape index (κ1) is 14.9. The van der Waals surface area contributed by atoms with Crippen LogP contribution in [0, 0.1) is 0 Å². The molecule has 3 heteroatoms. The summed E-state index contributed by atoms with van der Waals surface area (Å²) in [7, 11) is 0. The summed E-state index contributed by atoms with van der Waals surface area (Å²) in [5, 5.41) is 0. The Hall–Kier alpha value is -0.540. The fourth-order valence-electron chi connectivity index (χ4n) is 1.97. The maximum Gasteiger partial charge on any atom is 0.173 e. The van der Waals surface area contributed by atoms with Crippen LogP contribution in [0.1, 0.15) is 48.7 Å². The van der Waals surface area contributed by atoms with Gasteiger partial charge in [0.2, 0.25) is 0 Å². The summed E-state index contributed by atoms with van der Waals surface area (Å²) < 4.78 is 6.07. The predicted molar refractivity (Wildman–Crippen MR) is 86.9 cm³/mol.